The summed E-state index contributed by atoms with van der Waals surface area (Å²) >= 11 is 0. The number of hydrogen-bond donors (Lipinski definition) is 2. The first-order valence-corrected chi connectivity index (χ1v) is 11.4. The van der Waals surface area contributed by atoms with Crippen molar-refractivity contribution >= 4 is 11.6 Å². The smallest absolute Gasteiger partial charge is 0.263 e. The first-order chi connectivity index (χ1) is 16.1. The molecular weight excluding hydrogens is 423 g/mol. The van der Waals surface area contributed by atoms with Crippen LogP contribution in [0.5, 0.6) is 5.75 Å². The van der Waals surface area contributed by atoms with Crippen LogP contribution in [0.2, 0.25) is 0 Å². The number of nitrogens with one attached hydrogen (secondary N) is 1. The zero-order chi connectivity index (χ0) is 22.8. The molecule has 2 heterocycles. The van der Waals surface area contributed by atoms with E-state index in [9.17, 15) is 14.3 Å². The van der Waals surface area contributed by atoms with Gasteiger partial charge in [0.25, 0.3) is 5.91 Å². The van der Waals surface area contributed by atoms with E-state index in [2.05, 4.69) is 10.4 Å². The Morgan fingerprint density at radius 3 is 2.73 bits per heavy atom. The lowest BCUT2D eigenvalue weighted by atomic mass is 9.92. The van der Waals surface area contributed by atoms with Gasteiger partial charge < -0.3 is 20.1 Å². The Morgan fingerprint density at radius 1 is 1.15 bits per heavy atom. The van der Waals surface area contributed by atoms with E-state index in [1.807, 2.05) is 41.4 Å². The van der Waals surface area contributed by atoms with E-state index in [0.717, 1.165) is 30.5 Å². The van der Waals surface area contributed by atoms with Crippen LogP contribution in [-0.4, -0.2) is 45.6 Å². The molecule has 0 radical (unpaired) electrons. The summed E-state index contributed by atoms with van der Waals surface area (Å²) in [6, 6.07) is 14.3. The molecule has 7 nitrogen and oxygen atoms in total. The number of ether oxygens (including phenoxy) is 1. The van der Waals surface area contributed by atoms with Crippen LogP contribution in [0.25, 0.3) is 5.69 Å². The third-order valence-electron chi connectivity index (χ3n) is 6.36. The highest BCUT2D eigenvalue weighted by Gasteiger charge is 2.35. The van der Waals surface area contributed by atoms with Gasteiger partial charge in [-0.3, -0.25) is 4.79 Å². The molecule has 1 saturated carbocycles. The average Bonchev–Trinajstić information content (AvgIpc) is 3.36. The SMILES string of the molecule is O=C(N[C@H]1CCCC[C@@H]1O)C1CN(Cc2ccc(-n3cccn3)cc2)c2cccc(F)c2O1. The number of aliphatic hydroxyl groups excluding tert-OH is 1. The van der Waals surface area contributed by atoms with E-state index in [-0.39, 0.29) is 24.2 Å². The highest BCUT2D eigenvalue weighted by Crippen LogP contribution is 2.36. The van der Waals surface area contributed by atoms with E-state index >= 15 is 0 Å². The number of aliphatic hydroxyl groups is 1. The van der Waals surface area contributed by atoms with Crippen LogP contribution in [0.3, 0.4) is 0 Å². The number of aromatic nitrogens is 2. The van der Waals surface area contributed by atoms with Crippen molar-refractivity contribution < 1.29 is 19.0 Å². The Kier molecular flexibility index (Phi) is 6.00. The van der Waals surface area contributed by atoms with Crippen LogP contribution in [0.15, 0.2) is 60.9 Å². The fraction of sp³-hybridized carbons (Fsp3) is 0.360. The highest BCUT2D eigenvalue weighted by molar-refractivity contribution is 5.83. The van der Waals surface area contributed by atoms with Crippen molar-refractivity contribution in [3.05, 3.63) is 72.3 Å². The Hall–Kier alpha value is -3.39. The number of amides is 1. The van der Waals surface area contributed by atoms with Crippen molar-refractivity contribution in [3.63, 3.8) is 0 Å². The molecule has 1 unspecified atom stereocenters. The molecule has 1 aromatic heterocycles. The standard InChI is InChI=1S/C25H27FN4O3/c26-19-5-3-7-21-24(19)33-23(25(32)28-20-6-1-2-8-22(20)31)16-29(21)15-17-9-11-18(12-10-17)30-14-4-13-27-30/h3-5,7,9-14,20,22-23,31H,1-2,6,8,15-16H2,(H,28,32)/t20-,22-,23?/m0/s1. The molecule has 1 aliphatic carbocycles. The Balaban J connectivity index is 1.35. The maximum Gasteiger partial charge on any atom is 0.263 e. The Bertz CT molecular complexity index is 1100. The minimum Gasteiger partial charge on any atom is -0.473 e. The topological polar surface area (TPSA) is 79.6 Å². The Morgan fingerprint density at radius 2 is 1.97 bits per heavy atom. The number of hydrogen-bond acceptors (Lipinski definition) is 5. The quantitative estimate of drug-likeness (QED) is 0.624. The Labute approximate surface area is 191 Å². The molecule has 8 heteroatoms. The van der Waals surface area contributed by atoms with Crippen LogP contribution < -0.4 is 15.0 Å². The van der Waals surface area contributed by atoms with Gasteiger partial charge in [-0.2, -0.15) is 5.10 Å². The molecule has 1 aliphatic heterocycles. The van der Waals surface area contributed by atoms with E-state index in [0.29, 0.717) is 18.7 Å². The summed E-state index contributed by atoms with van der Waals surface area (Å²) in [5.41, 5.74) is 2.58. The number of halogens is 1. The van der Waals surface area contributed by atoms with Gasteiger partial charge in [-0.05, 0) is 48.7 Å². The van der Waals surface area contributed by atoms with Gasteiger partial charge in [-0.1, -0.05) is 31.0 Å². The van der Waals surface area contributed by atoms with Crippen LogP contribution in [0.1, 0.15) is 31.2 Å². The lowest BCUT2D eigenvalue weighted by Crippen LogP contribution is -2.54. The highest BCUT2D eigenvalue weighted by atomic mass is 19.1. The second-order valence-electron chi connectivity index (χ2n) is 8.66. The lowest BCUT2D eigenvalue weighted by molar-refractivity contribution is -0.130. The maximum atomic E-state index is 14.6. The normalized spacial score (nSPS) is 22.4. The second kappa shape index (κ2) is 9.23. The van der Waals surface area contributed by atoms with E-state index in [1.165, 1.54) is 6.07 Å². The number of anilines is 1. The fourth-order valence-corrected chi connectivity index (χ4v) is 4.58. The first-order valence-electron chi connectivity index (χ1n) is 11.4. The minimum atomic E-state index is -0.869. The molecule has 2 aliphatic rings. The number of para-hydroxylation sites is 1. The number of carbonyl (C=O) groups is 1. The molecule has 2 aromatic carbocycles. The van der Waals surface area contributed by atoms with Crippen LogP contribution in [0, 0.1) is 5.82 Å². The zero-order valence-electron chi connectivity index (χ0n) is 18.2. The van der Waals surface area contributed by atoms with Crippen molar-refractivity contribution in [1.29, 1.82) is 0 Å². The molecule has 33 heavy (non-hydrogen) atoms. The fourth-order valence-electron chi connectivity index (χ4n) is 4.58. The van der Waals surface area contributed by atoms with E-state index < -0.39 is 18.0 Å². The van der Waals surface area contributed by atoms with Crippen LogP contribution >= 0.6 is 0 Å². The van der Waals surface area contributed by atoms with Crippen LogP contribution in [0.4, 0.5) is 10.1 Å². The van der Waals surface area contributed by atoms with Crippen molar-refractivity contribution in [2.45, 2.75) is 50.5 Å². The van der Waals surface area contributed by atoms with E-state index in [1.54, 1.807) is 23.0 Å². The molecule has 0 spiro atoms. The summed E-state index contributed by atoms with van der Waals surface area (Å²) in [7, 11) is 0. The first kappa shape index (κ1) is 21.5. The summed E-state index contributed by atoms with van der Waals surface area (Å²) in [5.74, 6) is -0.739. The van der Waals surface area contributed by atoms with Gasteiger partial charge in [0.05, 0.1) is 30.1 Å². The molecule has 3 aromatic rings. The minimum absolute atomic E-state index is 0.0845. The van der Waals surface area contributed by atoms with Gasteiger partial charge in [0.2, 0.25) is 0 Å². The molecule has 0 saturated heterocycles. The predicted octanol–water partition coefficient (Wildman–Crippen LogP) is 3.20. The van der Waals surface area contributed by atoms with Gasteiger partial charge in [0.1, 0.15) is 0 Å². The summed E-state index contributed by atoms with van der Waals surface area (Å²) in [6.45, 7) is 0.779. The van der Waals surface area contributed by atoms with Crippen molar-refractivity contribution in [1.82, 2.24) is 15.1 Å². The molecule has 5 rings (SSSR count). The third kappa shape index (κ3) is 4.57. The molecule has 1 fully saturated rings. The van der Waals surface area contributed by atoms with Gasteiger partial charge in [0.15, 0.2) is 17.7 Å². The van der Waals surface area contributed by atoms with Gasteiger partial charge in [0, 0.05) is 18.9 Å². The van der Waals surface area contributed by atoms with Crippen molar-refractivity contribution in [2.24, 2.45) is 0 Å². The molecule has 1 amide bonds. The predicted molar refractivity (Wildman–Crippen MR) is 122 cm³/mol. The maximum absolute atomic E-state index is 14.6. The van der Waals surface area contributed by atoms with Crippen LogP contribution in [-0.2, 0) is 11.3 Å². The summed E-state index contributed by atoms with van der Waals surface area (Å²) in [6.07, 6.45) is 5.51. The van der Waals surface area contributed by atoms with Gasteiger partial charge in [-0.15, -0.1) is 0 Å². The lowest BCUT2D eigenvalue weighted by Gasteiger charge is -2.37. The zero-order valence-corrected chi connectivity index (χ0v) is 18.2. The van der Waals surface area contributed by atoms with E-state index in [4.69, 9.17) is 4.74 Å². The third-order valence-corrected chi connectivity index (χ3v) is 6.36. The monoisotopic (exact) mass is 450 g/mol. The largest absolute Gasteiger partial charge is 0.473 e. The second-order valence-corrected chi connectivity index (χ2v) is 8.66. The number of carbonyl (C=O) groups excluding carboxylic acids is 1. The van der Waals surface area contributed by atoms with Gasteiger partial charge >= 0.3 is 0 Å². The number of benzene rings is 2. The number of nitrogens with zero attached hydrogens (tertiary/aromatic N) is 3. The van der Waals surface area contributed by atoms with Gasteiger partial charge in [-0.25, -0.2) is 9.07 Å². The molecule has 172 valence electrons. The summed E-state index contributed by atoms with van der Waals surface area (Å²) in [4.78, 5) is 15.0. The molecule has 3 atom stereocenters. The molecule has 0 bridgehead atoms. The molecule has 2 N–H and O–H groups in total. The van der Waals surface area contributed by atoms with Crippen molar-refractivity contribution in [3.8, 4) is 11.4 Å². The van der Waals surface area contributed by atoms with Crippen molar-refractivity contribution in [2.75, 3.05) is 11.4 Å². The summed E-state index contributed by atoms with van der Waals surface area (Å²) < 4.78 is 22.2. The number of fused-ring (bicyclic) bond motifs is 1. The molecular formula is C25H27FN4O3. The number of rotatable bonds is 5. The average molecular weight is 451 g/mol. The summed E-state index contributed by atoms with van der Waals surface area (Å²) in [5, 5.41) is 17.4.